The molecule has 0 fully saturated rings. The van der Waals surface area contributed by atoms with Gasteiger partial charge in [-0.25, -0.2) is 4.79 Å². The Kier molecular flexibility index (Phi) is 5.81. The van der Waals surface area contributed by atoms with Crippen LogP contribution in [0.15, 0.2) is 24.3 Å². The van der Waals surface area contributed by atoms with Crippen LogP contribution in [0.2, 0.25) is 0 Å². The van der Waals surface area contributed by atoms with Crippen LogP contribution in [-0.2, 0) is 16.0 Å². The number of carboxylic acids is 1. The summed E-state index contributed by atoms with van der Waals surface area (Å²) in [7, 11) is 0. The normalized spacial score (nSPS) is 11.7. The van der Waals surface area contributed by atoms with Gasteiger partial charge in [-0.1, -0.05) is 19.1 Å². The predicted octanol–water partition coefficient (Wildman–Crippen LogP) is 0.189. The first-order valence-electron chi connectivity index (χ1n) is 5.92. The van der Waals surface area contributed by atoms with Crippen molar-refractivity contribution in [3.8, 4) is 5.75 Å². The molecule has 0 aromatic heterocycles. The lowest BCUT2D eigenvalue weighted by Gasteiger charge is -2.09. The van der Waals surface area contributed by atoms with E-state index in [1.165, 1.54) is 5.56 Å². The Balaban J connectivity index is 2.31. The van der Waals surface area contributed by atoms with Gasteiger partial charge < -0.3 is 20.3 Å². The fourth-order valence-corrected chi connectivity index (χ4v) is 1.32. The summed E-state index contributed by atoms with van der Waals surface area (Å²) in [6.45, 7) is 1.47. The van der Waals surface area contributed by atoms with Crippen molar-refractivity contribution in [2.45, 2.75) is 19.4 Å². The zero-order valence-electron chi connectivity index (χ0n) is 10.6. The van der Waals surface area contributed by atoms with Crippen LogP contribution in [0, 0.1) is 0 Å². The van der Waals surface area contributed by atoms with Gasteiger partial charge in [0.25, 0.3) is 5.91 Å². The van der Waals surface area contributed by atoms with Crippen LogP contribution in [0.1, 0.15) is 12.5 Å². The SMILES string of the molecule is CCc1ccc(OCC(=O)NCC(O)C(=O)O)cc1. The summed E-state index contributed by atoms with van der Waals surface area (Å²) < 4.78 is 5.22. The lowest BCUT2D eigenvalue weighted by Crippen LogP contribution is -2.38. The zero-order chi connectivity index (χ0) is 14.3. The molecule has 1 amide bonds. The van der Waals surface area contributed by atoms with Gasteiger partial charge in [-0.3, -0.25) is 4.79 Å². The second-order valence-corrected chi connectivity index (χ2v) is 3.94. The topological polar surface area (TPSA) is 95.9 Å². The Labute approximate surface area is 111 Å². The second-order valence-electron chi connectivity index (χ2n) is 3.94. The Bertz CT molecular complexity index is 429. The number of ether oxygens (including phenoxy) is 1. The number of carbonyl (C=O) groups is 2. The number of aliphatic hydroxyl groups excluding tert-OH is 1. The molecule has 0 saturated carbocycles. The third-order valence-corrected chi connectivity index (χ3v) is 2.48. The van der Waals surface area contributed by atoms with E-state index in [0.29, 0.717) is 5.75 Å². The molecule has 1 atom stereocenters. The third-order valence-electron chi connectivity index (χ3n) is 2.48. The summed E-state index contributed by atoms with van der Waals surface area (Å²) in [5.41, 5.74) is 1.17. The third kappa shape index (κ3) is 5.39. The molecule has 1 rings (SSSR count). The summed E-state index contributed by atoms with van der Waals surface area (Å²) in [6.07, 6.45) is -0.679. The summed E-state index contributed by atoms with van der Waals surface area (Å²) in [6, 6.07) is 7.33. The molecule has 1 unspecified atom stereocenters. The van der Waals surface area contributed by atoms with Gasteiger partial charge in [-0.2, -0.15) is 0 Å². The average molecular weight is 267 g/mol. The van der Waals surface area contributed by atoms with Gasteiger partial charge in [-0.05, 0) is 24.1 Å². The van der Waals surface area contributed by atoms with E-state index >= 15 is 0 Å². The highest BCUT2D eigenvalue weighted by atomic mass is 16.5. The van der Waals surface area contributed by atoms with E-state index in [1.807, 2.05) is 19.1 Å². The Morgan fingerprint density at radius 2 is 1.95 bits per heavy atom. The molecule has 0 aliphatic rings. The maximum Gasteiger partial charge on any atom is 0.334 e. The van der Waals surface area contributed by atoms with Crippen molar-refractivity contribution in [2.75, 3.05) is 13.2 Å². The Hall–Kier alpha value is -2.08. The number of aliphatic carboxylic acids is 1. The van der Waals surface area contributed by atoms with Gasteiger partial charge in [-0.15, -0.1) is 0 Å². The van der Waals surface area contributed by atoms with E-state index in [9.17, 15) is 9.59 Å². The molecule has 0 saturated heterocycles. The number of amides is 1. The van der Waals surface area contributed by atoms with Gasteiger partial charge >= 0.3 is 5.97 Å². The maximum atomic E-state index is 11.3. The summed E-state index contributed by atoms with van der Waals surface area (Å²) in [5.74, 6) is -1.30. The highest BCUT2D eigenvalue weighted by Gasteiger charge is 2.14. The van der Waals surface area contributed by atoms with Gasteiger partial charge in [0.1, 0.15) is 5.75 Å². The van der Waals surface area contributed by atoms with Crippen molar-refractivity contribution >= 4 is 11.9 Å². The van der Waals surface area contributed by atoms with Crippen LogP contribution < -0.4 is 10.1 Å². The largest absolute Gasteiger partial charge is 0.484 e. The highest BCUT2D eigenvalue weighted by molar-refractivity contribution is 5.79. The molecule has 0 spiro atoms. The van der Waals surface area contributed by atoms with E-state index in [1.54, 1.807) is 12.1 Å². The molecule has 0 bridgehead atoms. The van der Waals surface area contributed by atoms with Crippen LogP contribution >= 0.6 is 0 Å². The van der Waals surface area contributed by atoms with E-state index in [4.69, 9.17) is 14.9 Å². The smallest absolute Gasteiger partial charge is 0.334 e. The van der Waals surface area contributed by atoms with Crippen LogP contribution in [0.25, 0.3) is 0 Å². The Morgan fingerprint density at radius 1 is 1.32 bits per heavy atom. The molecule has 0 heterocycles. The molecule has 0 aliphatic heterocycles. The van der Waals surface area contributed by atoms with Crippen molar-refractivity contribution in [3.05, 3.63) is 29.8 Å². The minimum absolute atomic E-state index is 0.224. The highest BCUT2D eigenvalue weighted by Crippen LogP contribution is 2.12. The van der Waals surface area contributed by atoms with E-state index in [0.717, 1.165) is 6.42 Å². The average Bonchev–Trinajstić information content (AvgIpc) is 2.42. The van der Waals surface area contributed by atoms with Gasteiger partial charge in [0, 0.05) is 0 Å². The fraction of sp³-hybridized carbons (Fsp3) is 0.385. The fourth-order valence-electron chi connectivity index (χ4n) is 1.32. The first-order valence-corrected chi connectivity index (χ1v) is 5.92. The summed E-state index contributed by atoms with van der Waals surface area (Å²) in [4.78, 5) is 21.6. The first kappa shape index (κ1) is 15.0. The molecule has 1 aromatic rings. The first-order chi connectivity index (χ1) is 9.02. The number of aryl methyl sites for hydroxylation is 1. The molecule has 0 radical (unpaired) electrons. The van der Waals surface area contributed by atoms with Crippen LogP contribution in [-0.4, -0.2) is 41.3 Å². The van der Waals surface area contributed by atoms with Gasteiger partial charge in [0.2, 0.25) is 0 Å². The van der Waals surface area contributed by atoms with Crippen molar-refractivity contribution in [1.29, 1.82) is 0 Å². The molecule has 6 nitrogen and oxygen atoms in total. The van der Waals surface area contributed by atoms with Gasteiger partial charge in [0.15, 0.2) is 12.7 Å². The van der Waals surface area contributed by atoms with E-state index in [-0.39, 0.29) is 13.2 Å². The summed E-state index contributed by atoms with van der Waals surface area (Å²) >= 11 is 0. The lowest BCUT2D eigenvalue weighted by atomic mass is 10.2. The number of carbonyl (C=O) groups excluding carboxylic acids is 1. The maximum absolute atomic E-state index is 11.3. The molecule has 6 heteroatoms. The molecule has 3 N–H and O–H groups in total. The molecule has 19 heavy (non-hydrogen) atoms. The van der Waals surface area contributed by atoms with Crippen LogP contribution in [0.4, 0.5) is 0 Å². The van der Waals surface area contributed by atoms with Gasteiger partial charge in [0.05, 0.1) is 6.54 Å². The monoisotopic (exact) mass is 267 g/mol. The van der Waals surface area contributed by atoms with E-state index in [2.05, 4.69) is 5.32 Å². The molecule has 0 aliphatic carbocycles. The Morgan fingerprint density at radius 3 is 2.47 bits per heavy atom. The molecule has 1 aromatic carbocycles. The minimum atomic E-state index is -1.60. The van der Waals surface area contributed by atoms with Crippen molar-refractivity contribution in [1.82, 2.24) is 5.32 Å². The number of rotatable bonds is 7. The number of hydrogen-bond acceptors (Lipinski definition) is 4. The van der Waals surface area contributed by atoms with Crippen molar-refractivity contribution in [2.24, 2.45) is 0 Å². The van der Waals surface area contributed by atoms with Crippen LogP contribution in [0.3, 0.4) is 0 Å². The standard InChI is InChI=1S/C13H17NO5/c1-2-9-3-5-10(6-4-9)19-8-12(16)14-7-11(15)13(17)18/h3-6,11,15H,2,7-8H2,1H3,(H,14,16)(H,17,18). The minimum Gasteiger partial charge on any atom is -0.484 e. The quantitative estimate of drug-likeness (QED) is 0.655. The number of aliphatic hydroxyl groups is 1. The second kappa shape index (κ2) is 7.38. The zero-order valence-corrected chi connectivity index (χ0v) is 10.6. The van der Waals surface area contributed by atoms with E-state index < -0.39 is 18.0 Å². The summed E-state index contributed by atoms with van der Waals surface area (Å²) in [5, 5.41) is 19.6. The van der Waals surface area contributed by atoms with Crippen LogP contribution in [0.5, 0.6) is 5.75 Å². The lowest BCUT2D eigenvalue weighted by molar-refractivity contribution is -0.146. The molecule has 104 valence electrons. The number of carboxylic acid groups (broad SMARTS) is 1. The number of benzene rings is 1. The predicted molar refractivity (Wildman–Crippen MR) is 68.0 cm³/mol. The van der Waals surface area contributed by atoms with Crippen molar-refractivity contribution in [3.63, 3.8) is 0 Å². The number of hydrogen-bond donors (Lipinski definition) is 3. The van der Waals surface area contributed by atoms with Crippen molar-refractivity contribution < 1.29 is 24.5 Å². The molecular weight excluding hydrogens is 250 g/mol. The number of nitrogens with one attached hydrogen (secondary N) is 1. The molecular formula is C13H17NO5.